The van der Waals surface area contributed by atoms with Gasteiger partial charge in [-0.15, -0.1) is 0 Å². The van der Waals surface area contributed by atoms with Crippen molar-refractivity contribution in [2.75, 3.05) is 33.2 Å². The molecule has 0 aromatic heterocycles. The normalized spacial score (nSPS) is 17.4. The van der Waals surface area contributed by atoms with Gasteiger partial charge in [0.2, 0.25) is 5.91 Å². The molecule has 116 valence electrons. The van der Waals surface area contributed by atoms with Crippen LogP contribution >= 0.6 is 12.2 Å². The van der Waals surface area contributed by atoms with Crippen molar-refractivity contribution < 1.29 is 4.79 Å². The molecule has 1 saturated heterocycles. The Balaban J connectivity index is 2.20. The van der Waals surface area contributed by atoms with Crippen molar-refractivity contribution in [3.63, 3.8) is 0 Å². The number of hydrogen-bond acceptors (Lipinski definition) is 3. The van der Waals surface area contributed by atoms with Crippen LogP contribution in [0.25, 0.3) is 0 Å². The Kier molecular flexibility index (Phi) is 7.45. The van der Waals surface area contributed by atoms with E-state index in [1.165, 1.54) is 12.8 Å². The number of nitrogens with zero attached hydrogens (tertiary/aromatic N) is 2. The molecule has 0 aromatic rings. The van der Waals surface area contributed by atoms with Gasteiger partial charge in [-0.1, -0.05) is 26.1 Å². The predicted octanol–water partition coefficient (Wildman–Crippen LogP) is 1.88. The first-order valence-electron chi connectivity index (χ1n) is 7.64. The molecule has 1 rings (SSSR count). The number of carbonyl (C=O) groups excluding carboxylic acids is 1. The fourth-order valence-corrected chi connectivity index (χ4v) is 2.78. The molecule has 5 heteroatoms. The standard InChI is InChI=1S/C15H29N3OS/c1-12(2)13-4-9-18(10-5-13)11-7-15(19)17(3)8-6-14(16)20/h12-13H,4-11H2,1-3H3,(H2,16,20). The second kappa shape index (κ2) is 8.57. The molecule has 20 heavy (non-hydrogen) atoms. The summed E-state index contributed by atoms with van der Waals surface area (Å²) in [5.41, 5.74) is 5.45. The van der Waals surface area contributed by atoms with Gasteiger partial charge in [0.25, 0.3) is 0 Å². The Morgan fingerprint density at radius 3 is 2.45 bits per heavy atom. The zero-order chi connectivity index (χ0) is 15.1. The van der Waals surface area contributed by atoms with Crippen LogP contribution in [0, 0.1) is 11.8 Å². The van der Waals surface area contributed by atoms with Crippen molar-refractivity contribution in [2.24, 2.45) is 17.6 Å². The molecule has 1 heterocycles. The number of hydrogen-bond donors (Lipinski definition) is 1. The highest BCUT2D eigenvalue weighted by atomic mass is 32.1. The van der Waals surface area contributed by atoms with Gasteiger partial charge in [0.05, 0.1) is 4.99 Å². The lowest BCUT2D eigenvalue weighted by molar-refractivity contribution is -0.130. The number of nitrogens with two attached hydrogens (primary N) is 1. The fraction of sp³-hybridized carbons (Fsp3) is 0.867. The molecule has 1 aliphatic rings. The van der Waals surface area contributed by atoms with Gasteiger partial charge in [0, 0.05) is 33.0 Å². The van der Waals surface area contributed by atoms with Crippen molar-refractivity contribution in [3.8, 4) is 0 Å². The van der Waals surface area contributed by atoms with Crippen molar-refractivity contribution >= 4 is 23.1 Å². The number of rotatable bonds is 7. The van der Waals surface area contributed by atoms with Gasteiger partial charge in [-0.25, -0.2) is 0 Å². The molecule has 0 bridgehead atoms. The van der Waals surface area contributed by atoms with E-state index in [-0.39, 0.29) is 5.91 Å². The first-order valence-corrected chi connectivity index (χ1v) is 8.05. The summed E-state index contributed by atoms with van der Waals surface area (Å²) in [5, 5.41) is 0. The Hall–Kier alpha value is -0.680. The third kappa shape index (κ3) is 6.18. The highest BCUT2D eigenvalue weighted by Crippen LogP contribution is 2.24. The van der Waals surface area contributed by atoms with E-state index in [0.29, 0.717) is 24.4 Å². The first kappa shape index (κ1) is 17.4. The molecule has 0 spiro atoms. The van der Waals surface area contributed by atoms with E-state index in [1.807, 2.05) is 7.05 Å². The van der Waals surface area contributed by atoms with Crippen LogP contribution in [0.15, 0.2) is 0 Å². The van der Waals surface area contributed by atoms with Crippen LogP contribution in [-0.2, 0) is 4.79 Å². The van der Waals surface area contributed by atoms with Crippen LogP contribution in [0.4, 0.5) is 0 Å². The van der Waals surface area contributed by atoms with Gasteiger partial charge in [-0.3, -0.25) is 4.79 Å². The van der Waals surface area contributed by atoms with Crippen LogP contribution in [0.3, 0.4) is 0 Å². The lowest BCUT2D eigenvalue weighted by atomic mass is 9.87. The maximum Gasteiger partial charge on any atom is 0.223 e. The molecule has 0 atom stereocenters. The molecule has 1 fully saturated rings. The van der Waals surface area contributed by atoms with E-state index in [0.717, 1.165) is 31.5 Å². The Morgan fingerprint density at radius 2 is 1.95 bits per heavy atom. The molecule has 0 aromatic carbocycles. The summed E-state index contributed by atoms with van der Waals surface area (Å²) >= 11 is 4.83. The number of piperidine rings is 1. The zero-order valence-corrected chi connectivity index (χ0v) is 13.9. The van der Waals surface area contributed by atoms with E-state index in [9.17, 15) is 4.79 Å². The van der Waals surface area contributed by atoms with Crippen LogP contribution in [0.2, 0.25) is 0 Å². The molecular weight excluding hydrogens is 270 g/mol. The summed E-state index contributed by atoms with van der Waals surface area (Å²) in [4.78, 5) is 16.6. The maximum absolute atomic E-state index is 12.0. The minimum absolute atomic E-state index is 0.187. The van der Waals surface area contributed by atoms with E-state index in [4.69, 9.17) is 18.0 Å². The van der Waals surface area contributed by atoms with Gasteiger partial charge in [-0.2, -0.15) is 0 Å². The Morgan fingerprint density at radius 1 is 1.35 bits per heavy atom. The molecule has 1 aliphatic heterocycles. The van der Waals surface area contributed by atoms with Crippen LogP contribution in [0.5, 0.6) is 0 Å². The summed E-state index contributed by atoms with van der Waals surface area (Å²) in [5.74, 6) is 1.83. The van der Waals surface area contributed by atoms with E-state index in [1.54, 1.807) is 4.90 Å². The maximum atomic E-state index is 12.0. The van der Waals surface area contributed by atoms with Crippen molar-refractivity contribution in [3.05, 3.63) is 0 Å². The molecule has 0 unspecified atom stereocenters. The first-order chi connectivity index (χ1) is 9.40. The summed E-state index contributed by atoms with van der Waals surface area (Å²) in [6.45, 7) is 8.38. The van der Waals surface area contributed by atoms with Gasteiger partial charge in [0.15, 0.2) is 0 Å². The minimum atomic E-state index is 0.187. The number of thiocarbonyl (C=S) groups is 1. The number of likely N-dealkylation sites (tertiary alicyclic amines) is 1. The van der Waals surface area contributed by atoms with Crippen molar-refractivity contribution in [1.82, 2.24) is 9.80 Å². The SMILES string of the molecule is CC(C)C1CCN(CCC(=O)N(C)CCC(N)=S)CC1. The van der Waals surface area contributed by atoms with Crippen LogP contribution in [0.1, 0.15) is 39.5 Å². The van der Waals surface area contributed by atoms with Gasteiger partial charge in [0.1, 0.15) is 0 Å². The summed E-state index contributed by atoms with van der Waals surface area (Å²) in [6.07, 6.45) is 3.74. The monoisotopic (exact) mass is 299 g/mol. The molecule has 1 amide bonds. The topological polar surface area (TPSA) is 49.6 Å². The summed E-state index contributed by atoms with van der Waals surface area (Å²) < 4.78 is 0. The third-order valence-corrected chi connectivity index (χ3v) is 4.54. The van der Waals surface area contributed by atoms with Crippen LogP contribution < -0.4 is 5.73 Å². The molecule has 2 N–H and O–H groups in total. The predicted molar refractivity (Wildman–Crippen MR) is 87.7 cm³/mol. The molecular formula is C15H29N3OS. The van der Waals surface area contributed by atoms with Gasteiger partial charge >= 0.3 is 0 Å². The third-order valence-electron chi connectivity index (χ3n) is 4.34. The van der Waals surface area contributed by atoms with Crippen LogP contribution in [-0.4, -0.2) is 53.9 Å². The Bertz CT molecular complexity index is 325. The largest absolute Gasteiger partial charge is 0.393 e. The summed E-state index contributed by atoms with van der Waals surface area (Å²) in [7, 11) is 1.83. The van der Waals surface area contributed by atoms with E-state index in [2.05, 4.69) is 18.7 Å². The number of amides is 1. The minimum Gasteiger partial charge on any atom is -0.393 e. The lowest BCUT2D eigenvalue weighted by Crippen LogP contribution is -2.38. The van der Waals surface area contributed by atoms with Gasteiger partial charge < -0.3 is 15.5 Å². The average molecular weight is 299 g/mol. The Labute approximate surface area is 128 Å². The summed E-state index contributed by atoms with van der Waals surface area (Å²) in [6, 6.07) is 0. The molecule has 4 nitrogen and oxygen atoms in total. The second-order valence-electron chi connectivity index (χ2n) is 6.20. The van der Waals surface area contributed by atoms with E-state index >= 15 is 0 Å². The van der Waals surface area contributed by atoms with Crippen molar-refractivity contribution in [1.29, 1.82) is 0 Å². The highest BCUT2D eigenvalue weighted by molar-refractivity contribution is 7.80. The molecule has 0 aliphatic carbocycles. The zero-order valence-electron chi connectivity index (χ0n) is 13.1. The highest BCUT2D eigenvalue weighted by Gasteiger charge is 2.22. The smallest absolute Gasteiger partial charge is 0.223 e. The average Bonchev–Trinajstić information content (AvgIpc) is 2.42. The number of carbonyl (C=O) groups is 1. The quantitative estimate of drug-likeness (QED) is 0.729. The fourth-order valence-electron chi connectivity index (χ4n) is 2.69. The molecule has 0 saturated carbocycles. The van der Waals surface area contributed by atoms with Crippen molar-refractivity contribution in [2.45, 2.75) is 39.5 Å². The molecule has 0 radical (unpaired) electrons. The lowest BCUT2D eigenvalue weighted by Gasteiger charge is -2.34. The second-order valence-corrected chi connectivity index (χ2v) is 6.73. The van der Waals surface area contributed by atoms with E-state index < -0.39 is 0 Å². The van der Waals surface area contributed by atoms with Gasteiger partial charge in [-0.05, 0) is 37.8 Å².